The third-order valence-corrected chi connectivity index (χ3v) is 5.44. The molecule has 0 aliphatic heterocycles. The molecule has 2 aromatic rings. The SMILES string of the molecule is COc1ccc(S(=O)(=O)CCNC(=O)c2ccc(Cl)cc2)cc1OC. The van der Waals surface area contributed by atoms with Gasteiger partial charge in [0.2, 0.25) is 0 Å². The second-order valence-electron chi connectivity index (χ2n) is 5.10. The van der Waals surface area contributed by atoms with Crippen LogP contribution in [0, 0.1) is 0 Å². The lowest BCUT2D eigenvalue weighted by atomic mass is 10.2. The number of benzene rings is 2. The zero-order valence-corrected chi connectivity index (χ0v) is 15.4. The summed E-state index contributed by atoms with van der Waals surface area (Å²) >= 11 is 5.76. The Labute approximate surface area is 151 Å². The molecule has 0 bridgehead atoms. The van der Waals surface area contributed by atoms with Gasteiger partial charge in [0.05, 0.1) is 24.9 Å². The number of methoxy groups -OCH3 is 2. The van der Waals surface area contributed by atoms with Crippen LogP contribution in [0.5, 0.6) is 11.5 Å². The number of carbonyl (C=O) groups is 1. The molecule has 25 heavy (non-hydrogen) atoms. The quantitative estimate of drug-likeness (QED) is 0.794. The Hall–Kier alpha value is -2.25. The number of rotatable bonds is 7. The second-order valence-corrected chi connectivity index (χ2v) is 7.64. The summed E-state index contributed by atoms with van der Waals surface area (Å²) in [7, 11) is -0.672. The lowest BCUT2D eigenvalue weighted by Crippen LogP contribution is -2.29. The van der Waals surface area contributed by atoms with E-state index in [0.717, 1.165) is 0 Å². The van der Waals surface area contributed by atoms with Gasteiger partial charge in [-0.1, -0.05) is 11.6 Å². The molecular weight excluding hydrogens is 366 g/mol. The molecule has 0 heterocycles. The molecule has 2 aromatic carbocycles. The van der Waals surface area contributed by atoms with Crippen LogP contribution in [0.25, 0.3) is 0 Å². The van der Waals surface area contributed by atoms with Crippen LogP contribution in [0.15, 0.2) is 47.4 Å². The van der Waals surface area contributed by atoms with Crippen molar-refractivity contribution in [3.05, 3.63) is 53.1 Å². The normalized spacial score (nSPS) is 11.0. The molecular formula is C17H18ClNO5S. The molecule has 134 valence electrons. The zero-order valence-electron chi connectivity index (χ0n) is 13.8. The van der Waals surface area contributed by atoms with E-state index in [0.29, 0.717) is 22.1 Å². The predicted molar refractivity (Wildman–Crippen MR) is 95.4 cm³/mol. The number of halogens is 1. The first-order chi connectivity index (χ1) is 11.9. The summed E-state index contributed by atoms with van der Waals surface area (Å²) in [6.45, 7) is -0.0157. The van der Waals surface area contributed by atoms with E-state index in [9.17, 15) is 13.2 Å². The van der Waals surface area contributed by atoms with E-state index < -0.39 is 9.84 Å². The highest BCUT2D eigenvalue weighted by molar-refractivity contribution is 7.91. The summed E-state index contributed by atoms with van der Waals surface area (Å²) in [6, 6.07) is 10.7. The van der Waals surface area contributed by atoms with Gasteiger partial charge in [0.25, 0.3) is 5.91 Å². The molecule has 0 unspecified atom stereocenters. The van der Waals surface area contributed by atoms with E-state index in [-0.39, 0.29) is 23.1 Å². The van der Waals surface area contributed by atoms with E-state index in [4.69, 9.17) is 21.1 Å². The number of ether oxygens (including phenoxy) is 2. The van der Waals surface area contributed by atoms with E-state index in [1.54, 1.807) is 24.3 Å². The molecule has 0 spiro atoms. The minimum atomic E-state index is -3.57. The molecule has 0 atom stereocenters. The van der Waals surface area contributed by atoms with Crippen LogP contribution in [0.4, 0.5) is 0 Å². The summed E-state index contributed by atoms with van der Waals surface area (Å²) in [4.78, 5) is 12.1. The van der Waals surface area contributed by atoms with Gasteiger partial charge >= 0.3 is 0 Å². The largest absolute Gasteiger partial charge is 0.493 e. The number of nitrogens with one attached hydrogen (secondary N) is 1. The van der Waals surface area contributed by atoms with Gasteiger partial charge in [-0.2, -0.15) is 0 Å². The van der Waals surface area contributed by atoms with Crippen molar-refractivity contribution < 1.29 is 22.7 Å². The Bertz CT molecular complexity index is 850. The van der Waals surface area contributed by atoms with Crippen molar-refractivity contribution in [1.29, 1.82) is 0 Å². The summed E-state index contributed by atoms with van der Waals surface area (Å²) in [6.07, 6.45) is 0. The van der Waals surface area contributed by atoms with Crippen LogP contribution in [0.3, 0.4) is 0 Å². The highest BCUT2D eigenvalue weighted by atomic mass is 35.5. The second kappa shape index (κ2) is 8.22. The smallest absolute Gasteiger partial charge is 0.251 e. The van der Waals surface area contributed by atoms with Crippen molar-refractivity contribution in [2.24, 2.45) is 0 Å². The van der Waals surface area contributed by atoms with Crippen molar-refractivity contribution in [3.63, 3.8) is 0 Å². The molecule has 0 aliphatic rings. The van der Waals surface area contributed by atoms with E-state index in [1.165, 1.54) is 32.4 Å². The van der Waals surface area contributed by atoms with Crippen LogP contribution in [0.2, 0.25) is 5.02 Å². The van der Waals surface area contributed by atoms with Crippen LogP contribution in [-0.4, -0.2) is 40.8 Å². The molecule has 0 saturated heterocycles. The van der Waals surface area contributed by atoms with Gasteiger partial charge in [0, 0.05) is 23.2 Å². The fraction of sp³-hybridized carbons (Fsp3) is 0.235. The highest BCUT2D eigenvalue weighted by Crippen LogP contribution is 2.29. The fourth-order valence-electron chi connectivity index (χ4n) is 2.13. The standard InChI is InChI=1S/C17H18ClNO5S/c1-23-15-8-7-14(11-16(15)24-2)25(21,22)10-9-19-17(20)12-3-5-13(18)6-4-12/h3-8,11H,9-10H2,1-2H3,(H,19,20). The molecule has 1 N–H and O–H groups in total. The van der Waals surface area contributed by atoms with Crippen LogP contribution >= 0.6 is 11.6 Å². The maximum atomic E-state index is 12.4. The van der Waals surface area contributed by atoms with Crippen molar-refractivity contribution >= 4 is 27.3 Å². The van der Waals surface area contributed by atoms with Gasteiger partial charge in [-0.3, -0.25) is 4.79 Å². The number of hydrogen-bond donors (Lipinski definition) is 1. The van der Waals surface area contributed by atoms with Gasteiger partial charge < -0.3 is 14.8 Å². The highest BCUT2D eigenvalue weighted by Gasteiger charge is 2.17. The maximum Gasteiger partial charge on any atom is 0.251 e. The van der Waals surface area contributed by atoms with Gasteiger partial charge in [-0.05, 0) is 36.4 Å². The van der Waals surface area contributed by atoms with Gasteiger partial charge in [0.1, 0.15) is 0 Å². The monoisotopic (exact) mass is 383 g/mol. The molecule has 2 rings (SSSR count). The molecule has 0 aromatic heterocycles. The first kappa shape index (κ1) is 19.1. The van der Waals surface area contributed by atoms with E-state index in [1.807, 2.05) is 0 Å². The first-order valence-corrected chi connectivity index (χ1v) is 9.39. The van der Waals surface area contributed by atoms with Crippen molar-refractivity contribution in [2.75, 3.05) is 26.5 Å². The van der Waals surface area contributed by atoms with Crippen LogP contribution in [-0.2, 0) is 9.84 Å². The van der Waals surface area contributed by atoms with Gasteiger partial charge in [-0.15, -0.1) is 0 Å². The minimum Gasteiger partial charge on any atom is -0.493 e. The summed E-state index contributed by atoms with van der Waals surface area (Å²) in [5, 5.41) is 3.10. The average molecular weight is 384 g/mol. The molecule has 0 saturated carbocycles. The van der Waals surface area contributed by atoms with Gasteiger partial charge in [0.15, 0.2) is 21.3 Å². The first-order valence-electron chi connectivity index (χ1n) is 7.36. The molecule has 6 nitrogen and oxygen atoms in total. The van der Waals surface area contributed by atoms with E-state index >= 15 is 0 Å². The summed E-state index contributed by atoms with van der Waals surface area (Å²) in [5.74, 6) is 0.174. The van der Waals surface area contributed by atoms with Gasteiger partial charge in [-0.25, -0.2) is 8.42 Å². The molecule has 0 radical (unpaired) electrons. The van der Waals surface area contributed by atoms with Crippen molar-refractivity contribution in [2.45, 2.75) is 4.90 Å². The zero-order chi connectivity index (χ0) is 18.4. The molecule has 0 fully saturated rings. The maximum absolute atomic E-state index is 12.4. The van der Waals surface area contributed by atoms with Crippen molar-refractivity contribution in [1.82, 2.24) is 5.32 Å². The van der Waals surface area contributed by atoms with E-state index in [2.05, 4.69) is 5.32 Å². The van der Waals surface area contributed by atoms with Crippen molar-refractivity contribution in [3.8, 4) is 11.5 Å². The molecule has 1 amide bonds. The number of amides is 1. The predicted octanol–water partition coefficient (Wildman–Crippen LogP) is 2.56. The third kappa shape index (κ3) is 4.87. The van der Waals surface area contributed by atoms with Crippen LogP contribution in [0.1, 0.15) is 10.4 Å². The summed E-state index contributed by atoms with van der Waals surface area (Å²) in [5.41, 5.74) is 0.410. The fourth-order valence-corrected chi connectivity index (χ4v) is 3.42. The van der Waals surface area contributed by atoms with Crippen LogP contribution < -0.4 is 14.8 Å². The molecule has 8 heteroatoms. The Morgan fingerprint density at radius 3 is 2.28 bits per heavy atom. The topological polar surface area (TPSA) is 81.7 Å². The summed E-state index contributed by atoms with van der Waals surface area (Å²) < 4.78 is 35.0. The number of sulfone groups is 1. The Balaban J connectivity index is 2.02. The number of carbonyl (C=O) groups excluding carboxylic acids is 1. The molecule has 0 aliphatic carbocycles. The number of hydrogen-bond acceptors (Lipinski definition) is 5. The average Bonchev–Trinajstić information content (AvgIpc) is 2.61. The third-order valence-electron chi connectivity index (χ3n) is 3.48. The Morgan fingerprint density at radius 2 is 1.68 bits per heavy atom. The Morgan fingerprint density at radius 1 is 1.04 bits per heavy atom. The Kier molecular flexibility index (Phi) is 6.27. The lowest BCUT2D eigenvalue weighted by molar-refractivity contribution is 0.0956. The minimum absolute atomic E-state index is 0.0157. The lowest BCUT2D eigenvalue weighted by Gasteiger charge is -2.10.